The molecule has 0 bridgehead atoms. The Morgan fingerprint density at radius 1 is 1.41 bits per heavy atom. The molecule has 0 aromatic heterocycles. The first-order chi connectivity index (χ1) is 10.2. The van der Waals surface area contributed by atoms with Crippen LogP contribution in [-0.4, -0.2) is 41.6 Å². The summed E-state index contributed by atoms with van der Waals surface area (Å²) in [5.41, 5.74) is -1.72. The van der Waals surface area contributed by atoms with E-state index < -0.39 is 23.3 Å². The zero-order valence-electron chi connectivity index (χ0n) is 13.2. The largest absolute Gasteiger partial charge is 0.444 e. The van der Waals surface area contributed by atoms with Gasteiger partial charge < -0.3 is 9.64 Å². The number of halogens is 1. The molecule has 0 spiro atoms. The first-order valence-electron chi connectivity index (χ1n) is 7.40. The van der Waals surface area contributed by atoms with E-state index in [0.717, 1.165) is 5.56 Å². The fraction of sp³-hybridized carbons (Fsp3) is 0.529. The maximum absolute atomic E-state index is 14.8. The van der Waals surface area contributed by atoms with Crippen LogP contribution in [0.25, 0.3) is 0 Å². The summed E-state index contributed by atoms with van der Waals surface area (Å²) in [6.07, 6.45) is 0.160. The maximum atomic E-state index is 14.8. The number of benzene rings is 1. The number of amides is 1. The third kappa shape index (κ3) is 3.84. The van der Waals surface area contributed by atoms with Gasteiger partial charge in [-0.25, -0.2) is 9.18 Å². The van der Waals surface area contributed by atoms with E-state index in [9.17, 15) is 14.0 Å². The van der Waals surface area contributed by atoms with Crippen LogP contribution >= 0.6 is 0 Å². The van der Waals surface area contributed by atoms with Crippen molar-refractivity contribution < 1.29 is 18.7 Å². The summed E-state index contributed by atoms with van der Waals surface area (Å²) < 4.78 is 20.1. The van der Waals surface area contributed by atoms with Gasteiger partial charge in [-0.3, -0.25) is 4.79 Å². The Kier molecular flexibility index (Phi) is 4.54. The predicted molar refractivity (Wildman–Crippen MR) is 81.3 cm³/mol. The van der Waals surface area contributed by atoms with Gasteiger partial charge in [0.25, 0.3) is 0 Å². The van der Waals surface area contributed by atoms with Crippen LogP contribution in [0.5, 0.6) is 0 Å². The van der Waals surface area contributed by atoms with Gasteiger partial charge in [0.2, 0.25) is 0 Å². The molecule has 1 saturated heterocycles. The van der Waals surface area contributed by atoms with Crippen LogP contribution in [0.15, 0.2) is 30.3 Å². The standard InChI is InChI=1S/C17H22FNO3/c1-16(2,3)22-15(21)19-10-14(17(18,11-19)12-20)9-13-7-5-4-6-8-13/h4-8,12,14H,9-11H2,1-3H3/t14-,17-/m1/s1. The minimum absolute atomic E-state index is 0.180. The Morgan fingerprint density at radius 3 is 2.59 bits per heavy atom. The zero-order chi connectivity index (χ0) is 16.4. The van der Waals surface area contributed by atoms with Crippen LogP contribution in [0.2, 0.25) is 0 Å². The van der Waals surface area contributed by atoms with Crippen LogP contribution < -0.4 is 0 Å². The van der Waals surface area contributed by atoms with Crippen LogP contribution in [0.4, 0.5) is 9.18 Å². The number of hydrogen-bond donors (Lipinski definition) is 0. The monoisotopic (exact) mass is 307 g/mol. The molecule has 2 rings (SSSR count). The molecule has 0 unspecified atom stereocenters. The third-order valence-electron chi connectivity index (χ3n) is 3.73. The summed E-state index contributed by atoms with van der Waals surface area (Å²) in [4.78, 5) is 24.6. The topological polar surface area (TPSA) is 46.6 Å². The van der Waals surface area contributed by atoms with E-state index >= 15 is 0 Å². The Labute approximate surface area is 130 Å². The van der Waals surface area contributed by atoms with E-state index in [2.05, 4.69) is 0 Å². The Bertz CT molecular complexity index is 541. The van der Waals surface area contributed by atoms with E-state index in [1.165, 1.54) is 4.90 Å². The van der Waals surface area contributed by atoms with Crippen molar-refractivity contribution in [2.24, 2.45) is 5.92 Å². The minimum Gasteiger partial charge on any atom is -0.444 e. The number of nitrogens with zero attached hydrogens (tertiary/aromatic N) is 1. The predicted octanol–water partition coefficient (Wildman–Crippen LogP) is 3.00. The van der Waals surface area contributed by atoms with E-state index in [1.807, 2.05) is 30.3 Å². The average molecular weight is 307 g/mol. The fourth-order valence-electron chi connectivity index (χ4n) is 2.64. The molecule has 1 aliphatic heterocycles. The highest BCUT2D eigenvalue weighted by Gasteiger charge is 2.49. The molecule has 22 heavy (non-hydrogen) atoms. The lowest BCUT2D eigenvalue weighted by Gasteiger charge is -2.24. The lowest BCUT2D eigenvalue weighted by Crippen LogP contribution is -2.38. The van der Waals surface area contributed by atoms with Gasteiger partial charge in [0.1, 0.15) is 5.60 Å². The Morgan fingerprint density at radius 2 is 2.05 bits per heavy atom. The highest BCUT2D eigenvalue weighted by atomic mass is 19.1. The van der Waals surface area contributed by atoms with Gasteiger partial charge in [0.05, 0.1) is 6.54 Å². The second-order valence-corrected chi connectivity index (χ2v) is 6.79. The summed E-state index contributed by atoms with van der Waals surface area (Å²) in [5.74, 6) is -0.556. The Balaban J connectivity index is 2.10. The SMILES string of the molecule is CC(C)(C)OC(=O)N1C[C@@H](Cc2ccccc2)[C@](F)(C=O)C1. The molecule has 0 N–H and O–H groups in total. The summed E-state index contributed by atoms with van der Waals surface area (Å²) in [7, 11) is 0. The average Bonchev–Trinajstić information content (AvgIpc) is 2.77. The quantitative estimate of drug-likeness (QED) is 0.807. The van der Waals surface area contributed by atoms with Gasteiger partial charge in [-0.15, -0.1) is 0 Å². The van der Waals surface area contributed by atoms with Gasteiger partial charge in [-0.2, -0.15) is 0 Å². The number of carbonyl (C=O) groups is 2. The van der Waals surface area contributed by atoms with Crippen LogP contribution in [0.3, 0.4) is 0 Å². The van der Waals surface area contributed by atoms with Crippen LogP contribution in [-0.2, 0) is 16.0 Å². The Hall–Kier alpha value is -1.91. The van der Waals surface area contributed by atoms with E-state index in [1.54, 1.807) is 20.8 Å². The molecule has 120 valence electrons. The maximum Gasteiger partial charge on any atom is 0.410 e. The van der Waals surface area contributed by atoms with Crippen molar-refractivity contribution >= 4 is 12.4 Å². The molecule has 1 amide bonds. The molecular formula is C17H22FNO3. The summed E-state index contributed by atoms with van der Waals surface area (Å²) in [6.45, 7) is 5.20. The minimum atomic E-state index is -2.02. The number of likely N-dealkylation sites (tertiary alicyclic amines) is 1. The van der Waals surface area contributed by atoms with E-state index in [4.69, 9.17) is 4.74 Å². The molecule has 1 aromatic rings. The molecule has 1 aliphatic rings. The highest BCUT2D eigenvalue weighted by molar-refractivity contribution is 5.72. The lowest BCUT2D eigenvalue weighted by molar-refractivity contribution is -0.119. The van der Waals surface area contributed by atoms with Gasteiger partial charge in [-0.1, -0.05) is 30.3 Å². The second-order valence-electron chi connectivity index (χ2n) is 6.79. The second kappa shape index (κ2) is 6.07. The van der Waals surface area contributed by atoms with Gasteiger partial charge in [-0.05, 0) is 32.8 Å². The van der Waals surface area contributed by atoms with Gasteiger partial charge in [0, 0.05) is 12.5 Å². The van der Waals surface area contributed by atoms with Gasteiger partial charge >= 0.3 is 6.09 Å². The molecule has 5 heteroatoms. The van der Waals surface area contributed by atoms with Crippen LogP contribution in [0.1, 0.15) is 26.3 Å². The van der Waals surface area contributed by atoms with E-state index in [0.29, 0.717) is 12.7 Å². The van der Waals surface area contributed by atoms with Crippen molar-refractivity contribution in [3.63, 3.8) is 0 Å². The number of hydrogen-bond acceptors (Lipinski definition) is 3. The van der Waals surface area contributed by atoms with Crippen LogP contribution in [0, 0.1) is 5.92 Å². The van der Waals surface area contributed by atoms with Crippen molar-refractivity contribution in [3.05, 3.63) is 35.9 Å². The zero-order valence-corrected chi connectivity index (χ0v) is 13.2. The molecule has 0 radical (unpaired) electrons. The molecule has 0 aliphatic carbocycles. The summed E-state index contributed by atoms with van der Waals surface area (Å²) >= 11 is 0. The van der Waals surface area contributed by atoms with Crippen molar-refractivity contribution in [2.75, 3.05) is 13.1 Å². The fourth-order valence-corrected chi connectivity index (χ4v) is 2.64. The van der Waals surface area contributed by atoms with E-state index in [-0.39, 0.29) is 13.1 Å². The molecule has 1 aromatic carbocycles. The van der Waals surface area contributed by atoms with Crippen molar-refractivity contribution in [1.29, 1.82) is 0 Å². The third-order valence-corrected chi connectivity index (χ3v) is 3.73. The smallest absolute Gasteiger partial charge is 0.410 e. The molecule has 0 saturated carbocycles. The first kappa shape index (κ1) is 16.5. The molecule has 2 atom stereocenters. The highest BCUT2D eigenvalue weighted by Crippen LogP contribution is 2.33. The number of aldehydes is 1. The number of rotatable bonds is 3. The summed E-state index contributed by atoms with van der Waals surface area (Å²) in [6, 6.07) is 9.41. The lowest BCUT2D eigenvalue weighted by atomic mass is 9.88. The molecule has 1 fully saturated rings. The number of ether oxygens (including phenoxy) is 1. The van der Waals surface area contributed by atoms with Gasteiger partial charge in [0.15, 0.2) is 12.0 Å². The first-order valence-corrected chi connectivity index (χ1v) is 7.40. The number of carbonyl (C=O) groups excluding carboxylic acids is 2. The van der Waals surface area contributed by atoms with Crippen molar-refractivity contribution in [3.8, 4) is 0 Å². The van der Waals surface area contributed by atoms with Crippen molar-refractivity contribution in [2.45, 2.75) is 38.5 Å². The summed E-state index contributed by atoms with van der Waals surface area (Å²) in [5, 5.41) is 0. The molecular weight excluding hydrogens is 285 g/mol. The molecule has 1 heterocycles. The normalized spacial score (nSPS) is 25.1. The number of alkyl halides is 1. The van der Waals surface area contributed by atoms with Crippen molar-refractivity contribution in [1.82, 2.24) is 4.90 Å². The molecule has 4 nitrogen and oxygen atoms in total.